The van der Waals surface area contributed by atoms with Gasteiger partial charge in [-0.15, -0.1) is 0 Å². The first-order chi connectivity index (χ1) is 8.60. The van der Waals surface area contributed by atoms with Crippen LogP contribution in [-0.4, -0.2) is 44.1 Å². The molecule has 2 N–H and O–H groups in total. The van der Waals surface area contributed by atoms with Gasteiger partial charge in [0, 0.05) is 24.3 Å². The third-order valence-corrected chi connectivity index (χ3v) is 2.20. The maximum absolute atomic E-state index is 5.61. The molecule has 0 rings (SSSR count). The molecule has 0 spiro atoms. The van der Waals surface area contributed by atoms with E-state index in [1.165, 1.54) is 0 Å². The van der Waals surface area contributed by atoms with Crippen molar-refractivity contribution < 1.29 is 9.47 Å². The maximum Gasteiger partial charge on any atom is 0.0863 e. The van der Waals surface area contributed by atoms with Crippen LogP contribution < -0.4 is 10.6 Å². The molecule has 0 unspecified atom stereocenters. The summed E-state index contributed by atoms with van der Waals surface area (Å²) in [5, 5.41) is 6.57. The van der Waals surface area contributed by atoms with E-state index in [4.69, 9.17) is 9.47 Å². The SMILES string of the molecule is C=C(COC(C)(C)C)NCCOCCNC(C)(C)C. The van der Waals surface area contributed by atoms with Crippen molar-refractivity contribution in [1.82, 2.24) is 10.6 Å². The monoisotopic (exact) mass is 272 g/mol. The minimum atomic E-state index is -0.125. The van der Waals surface area contributed by atoms with Gasteiger partial charge in [0.25, 0.3) is 0 Å². The average molecular weight is 272 g/mol. The molecular weight excluding hydrogens is 240 g/mol. The molecule has 0 aliphatic heterocycles. The first-order valence-electron chi connectivity index (χ1n) is 6.98. The van der Waals surface area contributed by atoms with Crippen molar-refractivity contribution in [3.05, 3.63) is 12.3 Å². The molecular formula is C15H32N2O2. The fourth-order valence-corrected chi connectivity index (χ4v) is 1.25. The maximum atomic E-state index is 5.61. The van der Waals surface area contributed by atoms with E-state index in [1.807, 2.05) is 20.8 Å². The van der Waals surface area contributed by atoms with Crippen LogP contribution in [0.2, 0.25) is 0 Å². The van der Waals surface area contributed by atoms with Crippen molar-refractivity contribution in [3.8, 4) is 0 Å². The van der Waals surface area contributed by atoms with Crippen molar-refractivity contribution in [2.75, 3.05) is 32.9 Å². The fourth-order valence-electron chi connectivity index (χ4n) is 1.25. The molecule has 0 radical (unpaired) electrons. The molecule has 19 heavy (non-hydrogen) atoms. The predicted molar refractivity (Wildman–Crippen MR) is 81.4 cm³/mol. The van der Waals surface area contributed by atoms with E-state index in [-0.39, 0.29) is 11.1 Å². The van der Waals surface area contributed by atoms with Gasteiger partial charge in [-0.05, 0) is 41.5 Å². The second kappa shape index (κ2) is 8.56. The Morgan fingerprint density at radius 1 is 1.00 bits per heavy atom. The van der Waals surface area contributed by atoms with Crippen LogP contribution in [0.1, 0.15) is 41.5 Å². The van der Waals surface area contributed by atoms with E-state index in [2.05, 4.69) is 38.0 Å². The Morgan fingerprint density at radius 3 is 2.11 bits per heavy atom. The third kappa shape index (κ3) is 15.4. The number of rotatable bonds is 9. The number of hydrogen-bond donors (Lipinski definition) is 2. The standard InChI is InChI=1S/C15H32N2O2/c1-13(12-19-15(5,6)7)16-8-10-18-11-9-17-14(2,3)4/h16-17H,1,8-12H2,2-7H3. The summed E-state index contributed by atoms with van der Waals surface area (Å²) in [5.41, 5.74) is 0.922. The predicted octanol–water partition coefficient (Wildman–Crippen LogP) is 2.31. The molecule has 0 saturated carbocycles. The second-order valence-corrected chi connectivity index (χ2v) is 6.72. The normalized spacial score (nSPS) is 12.5. The van der Waals surface area contributed by atoms with Crippen molar-refractivity contribution in [2.45, 2.75) is 52.7 Å². The van der Waals surface area contributed by atoms with Crippen LogP contribution in [-0.2, 0) is 9.47 Å². The van der Waals surface area contributed by atoms with Crippen LogP contribution >= 0.6 is 0 Å². The summed E-state index contributed by atoms with van der Waals surface area (Å²) in [6.07, 6.45) is 0. The fraction of sp³-hybridized carbons (Fsp3) is 0.867. The Hall–Kier alpha value is -0.580. The van der Waals surface area contributed by atoms with Gasteiger partial charge < -0.3 is 20.1 Å². The Morgan fingerprint density at radius 2 is 1.58 bits per heavy atom. The van der Waals surface area contributed by atoms with Crippen molar-refractivity contribution in [3.63, 3.8) is 0 Å². The molecule has 0 fully saturated rings. The minimum absolute atomic E-state index is 0.125. The zero-order chi connectivity index (χ0) is 14.9. The smallest absolute Gasteiger partial charge is 0.0863 e. The van der Waals surface area contributed by atoms with Gasteiger partial charge in [0.15, 0.2) is 0 Å². The van der Waals surface area contributed by atoms with Crippen LogP contribution in [0.15, 0.2) is 12.3 Å². The Kier molecular flexibility index (Phi) is 8.30. The highest BCUT2D eigenvalue weighted by Gasteiger charge is 2.10. The molecule has 0 aromatic rings. The number of ether oxygens (including phenoxy) is 2. The Labute approximate surface area is 118 Å². The van der Waals surface area contributed by atoms with Gasteiger partial charge in [-0.3, -0.25) is 0 Å². The first-order valence-corrected chi connectivity index (χ1v) is 6.98. The molecule has 4 nitrogen and oxygen atoms in total. The van der Waals surface area contributed by atoms with Crippen LogP contribution in [0.4, 0.5) is 0 Å². The van der Waals surface area contributed by atoms with E-state index < -0.39 is 0 Å². The van der Waals surface area contributed by atoms with Crippen LogP contribution in [0.5, 0.6) is 0 Å². The van der Waals surface area contributed by atoms with Crippen LogP contribution in [0, 0.1) is 0 Å². The van der Waals surface area contributed by atoms with E-state index >= 15 is 0 Å². The molecule has 0 heterocycles. The van der Waals surface area contributed by atoms with E-state index in [0.717, 1.165) is 25.4 Å². The highest BCUT2D eigenvalue weighted by atomic mass is 16.5. The summed E-state index contributed by atoms with van der Waals surface area (Å²) in [4.78, 5) is 0. The minimum Gasteiger partial charge on any atom is -0.385 e. The molecule has 0 aliphatic rings. The lowest BCUT2D eigenvalue weighted by atomic mass is 10.1. The molecule has 0 saturated heterocycles. The van der Waals surface area contributed by atoms with Gasteiger partial charge in [-0.25, -0.2) is 0 Å². The summed E-state index contributed by atoms with van der Waals surface area (Å²) < 4.78 is 11.1. The second-order valence-electron chi connectivity index (χ2n) is 6.72. The van der Waals surface area contributed by atoms with Gasteiger partial charge in [0.1, 0.15) is 0 Å². The number of nitrogens with one attached hydrogen (secondary N) is 2. The van der Waals surface area contributed by atoms with Gasteiger partial charge in [-0.1, -0.05) is 6.58 Å². The van der Waals surface area contributed by atoms with Gasteiger partial charge in [-0.2, -0.15) is 0 Å². The van der Waals surface area contributed by atoms with Gasteiger partial charge in [0.2, 0.25) is 0 Å². The van der Waals surface area contributed by atoms with Crippen molar-refractivity contribution >= 4 is 0 Å². The van der Waals surface area contributed by atoms with E-state index in [9.17, 15) is 0 Å². The summed E-state index contributed by atoms with van der Waals surface area (Å²) >= 11 is 0. The molecule has 0 atom stereocenters. The summed E-state index contributed by atoms with van der Waals surface area (Å²) in [6, 6.07) is 0. The highest BCUT2D eigenvalue weighted by molar-refractivity contribution is 4.91. The molecule has 0 aliphatic carbocycles. The molecule has 114 valence electrons. The van der Waals surface area contributed by atoms with E-state index in [0.29, 0.717) is 13.2 Å². The van der Waals surface area contributed by atoms with E-state index in [1.54, 1.807) is 0 Å². The lowest BCUT2D eigenvalue weighted by Crippen LogP contribution is -2.38. The first kappa shape index (κ1) is 18.4. The van der Waals surface area contributed by atoms with Gasteiger partial charge in [0.05, 0.1) is 25.4 Å². The summed E-state index contributed by atoms with van der Waals surface area (Å²) in [7, 11) is 0. The average Bonchev–Trinajstić information content (AvgIpc) is 2.22. The topological polar surface area (TPSA) is 42.5 Å². The molecule has 0 aromatic carbocycles. The lowest BCUT2D eigenvalue weighted by Gasteiger charge is -2.21. The zero-order valence-corrected chi connectivity index (χ0v) is 13.6. The molecule has 0 amide bonds. The summed E-state index contributed by atoms with van der Waals surface area (Å²) in [6.45, 7) is 20.0. The largest absolute Gasteiger partial charge is 0.385 e. The third-order valence-electron chi connectivity index (χ3n) is 2.20. The quantitative estimate of drug-likeness (QED) is 0.632. The zero-order valence-electron chi connectivity index (χ0n) is 13.6. The summed E-state index contributed by atoms with van der Waals surface area (Å²) in [5.74, 6) is 0. The van der Waals surface area contributed by atoms with Crippen LogP contribution in [0.25, 0.3) is 0 Å². The van der Waals surface area contributed by atoms with Crippen molar-refractivity contribution in [2.24, 2.45) is 0 Å². The van der Waals surface area contributed by atoms with Crippen LogP contribution in [0.3, 0.4) is 0 Å². The van der Waals surface area contributed by atoms with Crippen molar-refractivity contribution in [1.29, 1.82) is 0 Å². The lowest BCUT2D eigenvalue weighted by molar-refractivity contribution is 0.00886. The highest BCUT2D eigenvalue weighted by Crippen LogP contribution is 2.07. The Bertz CT molecular complexity index is 252. The molecule has 0 bridgehead atoms. The number of hydrogen-bond acceptors (Lipinski definition) is 4. The van der Waals surface area contributed by atoms with Gasteiger partial charge >= 0.3 is 0 Å². The molecule has 0 aromatic heterocycles. The molecule has 4 heteroatoms. The Balaban J connectivity index is 3.37.